The van der Waals surface area contributed by atoms with E-state index in [0.29, 0.717) is 0 Å². The van der Waals surface area contributed by atoms with Crippen molar-refractivity contribution in [1.82, 2.24) is 5.32 Å². The van der Waals surface area contributed by atoms with E-state index in [2.05, 4.69) is 26.1 Å². The Labute approximate surface area is 134 Å². The van der Waals surface area contributed by atoms with Crippen molar-refractivity contribution in [3.05, 3.63) is 0 Å². The van der Waals surface area contributed by atoms with E-state index in [9.17, 15) is 0 Å². The molecule has 0 aromatic rings. The topological polar surface area (TPSA) is 12.0 Å². The standard InChI is InChI=1S/C20H41N/c1-4-7-8-9-10-11-12-13-19-17-18(6-3)14-15-20(19)21-16-5-2/h18-21H,4-17H2,1-3H3. The zero-order valence-corrected chi connectivity index (χ0v) is 15.1. The van der Waals surface area contributed by atoms with Crippen molar-refractivity contribution >= 4 is 0 Å². The highest BCUT2D eigenvalue weighted by molar-refractivity contribution is 4.84. The average Bonchev–Trinajstić information content (AvgIpc) is 2.52. The van der Waals surface area contributed by atoms with E-state index in [0.717, 1.165) is 17.9 Å². The highest BCUT2D eigenvalue weighted by atomic mass is 14.9. The van der Waals surface area contributed by atoms with Crippen molar-refractivity contribution in [2.24, 2.45) is 11.8 Å². The van der Waals surface area contributed by atoms with Gasteiger partial charge in [0.05, 0.1) is 0 Å². The molecule has 0 spiro atoms. The maximum Gasteiger partial charge on any atom is 0.00955 e. The van der Waals surface area contributed by atoms with Gasteiger partial charge in [0.1, 0.15) is 0 Å². The van der Waals surface area contributed by atoms with E-state index in [1.807, 2.05) is 0 Å². The second kappa shape index (κ2) is 12.5. The summed E-state index contributed by atoms with van der Waals surface area (Å²) in [6.07, 6.45) is 18.7. The summed E-state index contributed by atoms with van der Waals surface area (Å²) in [5.41, 5.74) is 0. The Hall–Kier alpha value is -0.0400. The smallest absolute Gasteiger partial charge is 0.00955 e. The zero-order valence-electron chi connectivity index (χ0n) is 15.1. The third kappa shape index (κ3) is 8.24. The molecule has 1 N–H and O–H groups in total. The Morgan fingerprint density at radius 2 is 1.52 bits per heavy atom. The number of hydrogen-bond acceptors (Lipinski definition) is 1. The van der Waals surface area contributed by atoms with Crippen molar-refractivity contribution in [3.63, 3.8) is 0 Å². The first-order valence-corrected chi connectivity index (χ1v) is 10.0. The molecule has 0 heterocycles. The van der Waals surface area contributed by atoms with Crippen LogP contribution in [0.2, 0.25) is 0 Å². The molecule has 1 nitrogen and oxygen atoms in total. The molecule has 1 aliphatic carbocycles. The lowest BCUT2D eigenvalue weighted by molar-refractivity contribution is 0.186. The quantitative estimate of drug-likeness (QED) is 0.415. The van der Waals surface area contributed by atoms with Gasteiger partial charge < -0.3 is 5.32 Å². The van der Waals surface area contributed by atoms with Gasteiger partial charge in [-0.2, -0.15) is 0 Å². The maximum atomic E-state index is 3.83. The van der Waals surface area contributed by atoms with E-state index in [1.165, 1.54) is 90.0 Å². The van der Waals surface area contributed by atoms with Crippen LogP contribution in [0.1, 0.15) is 104 Å². The Morgan fingerprint density at radius 3 is 2.19 bits per heavy atom. The molecule has 0 saturated heterocycles. The van der Waals surface area contributed by atoms with Gasteiger partial charge in [-0.25, -0.2) is 0 Å². The minimum atomic E-state index is 0.827. The zero-order chi connectivity index (χ0) is 15.3. The van der Waals surface area contributed by atoms with Crippen molar-refractivity contribution in [2.75, 3.05) is 6.54 Å². The average molecular weight is 296 g/mol. The number of hydrogen-bond donors (Lipinski definition) is 1. The van der Waals surface area contributed by atoms with Crippen molar-refractivity contribution < 1.29 is 0 Å². The van der Waals surface area contributed by atoms with Crippen LogP contribution < -0.4 is 5.32 Å². The van der Waals surface area contributed by atoms with Gasteiger partial charge in [-0.05, 0) is 50.5 Å². The Kier molecular flexibility index (Phi) is 11.3. The van der Waals surface area contributed by atoms with Crippen LogP contribution in [0.4, 0.5) is 0 Å². The van der Waals surface area contributed by atoms with Crippen molar-refractivity contribution in [3.8, 4) is 0 Å². The molecule has 1 aliphatic rings. The predicted molar refractivity (Wildman–Crippen MR) is 95.8 cm³/mol. The van der Waals surface area contributed by atoms with Gasteiger partial charge >= 0.3 is 0 Å². The van der Waals surface area contributed by atoms with Gasteiger partial charge in [0, 0.05) is 6.04 Å². The summed E-state index contributed by atoms with van der Waals surface area (Å²) in [4.78, 5) is 0. The summed E-state index contributed by atoms with van der Waals surface area (Å²) in [6.45, 7) is 8.19. The molecule has 1 rings (SSSR count). The van der Waals surface area contributed by atoms with E-state index in [4.69, 9.17) is 0 Å². The first-order chi connectivity index (χ1) is 10.3. The molecule has 126 valence electrons. The van der Waals surface area contributed by atoms with Crippen molar-refractivity contribution in [1.29, 1.82) is 0 Å². The first-order valence-electron chi connectivity index (χ1n) is 10.0. The number of nitrogens with one attached hydrogen (secondary N) is 1. The van der Waals surface area contributed by atoms with Crippen LogP contribution in [0.3, 0.4) is 0 Å². The van der Waals surface area contributed by atoms with Crippen LogP contribution >= 0.6 is 0 Å². The van der Waals surface area contributed by atoms with Crippen LogP contribution in [0.5, 0.6) is 0 Å². The molecule has 0 bridgehead atoms. The monoisotopic (exact) mass is 295 g/mol. The second-order valence-electron chi connectivity index (χ2n) is 7.32. The number of unbranched alkanes of at least 4 members (excludes halogenated alkanes) is 6. The third-order valence-corrected chi connectivity index (χ3v) is 5.50. The second-order valence-corrected chi connectivity index (χ2v) is 7.32. The van der Waals surface area contributed by atoms with E-state index in [1.54, 1.807) is 0 Å². The fraction of sp³-hybridized carbons (Fsp3) is 1.00. The molecule has 21 heavy (non-hydrogen) atoms. The van der Waals surface area contributed by atoms with E-state index < -0.39 is 0 Å². The predicted octanol–water partition coefficient (Wildman–Crippen LogP) is 6.32. The van der Waals surface area contributed by atoms with Crippen LogP contribution in [-0.2, 0) is 0 Å². The highest BCUT2D eigenvalue weighted by Crippen LogP contribution is 2.34. The lowest BCUT2D eigenvalue weighted by atomic mass is 9.75. The van der Waals surface area contributed by atoms with E-state index in [-0.39, 0.29) is 0 Å². The molecule has 0 aliphatic heterocycles. The molecule has 0 aromatic heterocycles. The van der Waals surface area contributed by atoms with Crippen LogP contribution in [0.15, 0.2) is 0 Å². The molecule has 1 heteroatoms. The molecular formula is C20H41N. The summed E-state index contributed by atoms with van der Waals surface area (Å²) in [5.74, 6) is 1.98. The summed E-state index contributed by atoms with van der Waals surface area (Å²) in [6, 6.07) is 0.827. The molecule has 3 atom stereocenters. The summed E-state index contributed by atoms with van der Waals surface area (Å²) in [7, 11) is 0. The van der Waals surface area contributed by atoms with Gasteiger partial charge in [0.2, 0.25) is 0 Å². The molecule has 1 saturated carbocycles. The molecule has 0 radical (unpaired) electrons. The fourth-order valence-electron chi connectivity index (χ4n) is 4.01. The minimum absolute atomic E-state index is 0.827. The molecular weight excluding hydrogens is 254 g/mol. The number of rotatable bonds is 12. The third-order valence-electron chi connectivity index (χ3n) is 5.50. The molecule has 1 fully saturated rings. The highest BCUT2D eigenvalue weighted by Gasteiger charge is 2.28. The van der Waals surface area contributed by atoms with Crippen LogP contribution in [0, 0.1) is 11.8 Å². The largest absolute Gasteiger partial charge is 0.314 e. The van der Waals surface area contributed by atoms with Gasteiger partial charge in [-0.3, -0.25) is 0 Å². The summed E-state index contributed by atoms with van der Waals surface area (Å²) >= 11 is 0. The first kappa shape index (κ1) is 19.0. The Balaban J connectivity index is 2.19. The fourth-order valence-corrected chi connectivity index (χ4v) is 4.01. The normalized spacial score (nSPS) is 26.1. The van der Waals surface area contributed by atoms with Crippen LogP contribution in [0.25, 0.3) is 0 Å². The lowest BCUT2D eigenvalue weighted by Crippen LogP contribution is -2.41. The van der Waals surface area contributed by atoms with Gasteiger partial charge in [-0.1, -0.05) is 72.1 Å². The maximum absolute atomic E-state index is 3.83. The lowest BCUT2D eigenvalue weighted by Gasteiger charge is -2.37. The molecule has 0 aromatic carbocycles. The minimum Gasteiger partial charge on any atom is -0.314 e. The molecule has 3 unspecified atom stereocenters. The summed E-state index contributed by atoms with van der Waals surface area (Å²) < 4.78 is 0. The Bertz CT molecular complexity index is 226. The SMILES string of the molecule is CCCCCCCCCC1CC(CC)CCC1NCCC. The summed E-state index contributed by atoms with van der Waals surface area (Å²) in [5, 5.41) is 3.83. The Morgan fingerprint density at radius 1 is 0.810 bits per heavy atom. The van der Waals surface area contributed by atoms with Gasteiger partial charge in [0.25, 0.3) is 0 Å². The van der Waals surface area contributed by atoms with E-state index >= 15 is 0 Å². The van der Waals surface area contributed by atoms with Gasteiger partial charge in [-0.15, -0.1) is 0 Å². The molecule has 0 amide bonds. The van der Waals surface area contributed by atoms with Gasteiger partial charge in [0.15, 0.2) is 0 Å². The van der Waals surface area contributed by atoms with Crippen molar-refractivity contribution in [2.45, 2.75) is 110 Å². The van der Waals surface area contributed by atoms with Crippen LogP contribution in [-0.4, -0.2) is 12.6 Å².